The van der Waals surface area contributed by atoms with E-state index in [9.17, 15) is 0 Å². The number of hydrogen-bond donors (Lipinski definition) is 0. The van der Waals surface area contributed by atoms with E-state index in [1.165, 1.54) is 32.4 Å². The molecule has 0 atom stereocenters. The van der Waals surface area contributed by atoms with Gasteiger partial charge >= 0.3 is 0 Å². The van der Waals surface area contributed by atoms with Crippen LogP contribution in [0, 0.1) is 0 Å². The molecule has 10 aromatic rings. The van der Waals surface area contributed by atoms with Crippen molar-refractivity contribution in [1.82, 2.24) is 19.1 Å². The van der Waals surface area contributed by atoms with Crippen LogP contribution >= 0.6 is 0 Å². The molecular weight excluding hydrogens is 560 g/mol. The minimum atomic E-state index is 0.714. The Kier molecular flexibility index (Phi) is 5.25. The molecule has 0 aliphatic carbocycles. The van der Waals surface area contributed by atoms with Crippen molar-refractivity contribution < 1.29 is 0 Å². The molecule has 0 saturated heterocycles. The molecule has 0 bridgehead atoms. The molecule has 0 amide bonds. The molecule has 10 rings (SSSR count). The molecule has 0 aliphatic rings. The van der Waals surface area contributed by atoms with E-state index in [0.717, 1.165) is 49.8 Å². The van der Waals surface area contributed by atoms with Gasteiger partial charge in [0.25, 0.3) is 0 Å². The van der Waals surface area contributed by atoms with Crippen molar-refractivity contribution in [2.45, 2.75) is 0 Å². The Morgan fingerprint density at radius 1 is 0.413 bits per heavy atom. The van der Waals surface area contributed by atoms with Crippen molar-refractivity contribution in [3.8, 4) is 22.9 Å². The average Bonchev–Trinajstić information content (AvgIpc) is 3.69. The Bertz CT molecular complexity index is 2810. The molecule has 0 spiro atoms. The maximum absolute atomic E-state index is 5.36. The van der Waals surface area contributed by atoms with Gasteiger partial charge in [-0.1, -0.05) is 103 Å². The van der Waals surface area contributed by atoms with Crippen LogP contribution in [0.5, 0.6) is 0 Å². The Hall–Kier alpha value is -6.26. The predicted octanol–water partition coefficient (Wildman–Crippen LogP) is 10.6. The Morgan fingerprint density at radius 2 is 1.13 bits per heavy atom. The van der Waals surface area contributed by atoms with E-state index < -0.39 is 0 Å². The quantitative estimate of drug-likeness (QED) is 0.193. The lowest BCUT2D eigenvalue weighted by Crippen LogP contribution is -2.03. The SMILES string of the molecule is c1ccc(-c2nc(-n3c4ccc(-n5ccc6ccccc65)cc4c4cc5ccccc5cc43)c3ccc4ccccc4c3n2)cc1. The molecule has 0 fully saturated rings. The first-order valence-electron chi connectivity index (χ1n) is 15.6. The van der Waals surface area contributed by atoms with Crippen molar-refractivity contribution >= 4 is 65.2 Å². The fourth-order valence-electron chi connectivity index (χ4n) is 7.11. The molecule has 0 unspecified atom stereocenters. The van der Waals surface area contributed by atoms with E-state index in [4.69, 9.17) is 9.97 Å². The number of nitrogens with zero attached hydrogens (tertiary/aromatic N) is 4. The van der Waals surface area contributed by atoms with Crippen molar-refractivity contribution in [3.63, 3.8) is 0 Å². The fourth-order valence-corrected chi connectivity index (χ4v) is 7.11. The van der Waals surface area contributed by atoms with Gasteiger partial charge < -0.3 is 4.57 Å². The van der Waals surface area contributed by atoms with Crippen LogP contribution in [0.25, 0.3) is 88.0 Å². The van der Waals surface area contributed by atoms with Gasteiger partial charge in [-0.2, -0.15) is 0 Å². The van der Waals surface area contributed by atoms with Crippen LogP contribution in [-0.2, 0) is 0 Å². The second-order valence-corrected chi connectivity index (χ2v) is 11.9. The highest BCUT2D eigenvalue weighted by Crippen LogP contribution is 2.39. The highest BCUT2D eigenvalue weighted by atomic mass is 15.1. The number of para-hydroxylation sites is 1. The topological polar surface area (TPSA) is 35.6 Å². The molecule has 0 saturated carbocycles. The molecule has 0 N–H and O–H groups in total. The largest absolute Gasteiger partial charge is 0.317 e. The highest BCUT2D eigenvalue weighted by Gasteiger charge is 2.20. The molecule has 4 nitrogen and oxygen atoms in total. The van der Waals surface area contributed by atoms with Gasteiger partial charge in [-0.15, -0.1) is 0 Å². The molecule has 214 valence electrons. The third kappa shape index (κ3) is 3.67. The first kappa shape index (κ1) is 25.1. The Labute approximate surface area is 264 Å². The van der Waals surface area contributed by atoms with Gasteiger partial charge in [0.15, 0.2) is 5.82 Å². The van der Waals surface area contributed by atoms with Gasteiger partial charge in [-0.25, -0.2) is 9.97 Å². The smallest absolute Gasteiger partial charge is 0.162 e. The lowest BCUT2D eigenvalue weighted by Gasteiger charge is -2.14. The molecule has 3 aromatic heterocycles. The Morgan fingerprint density at radius 3 is 2.00 bits per heavy atom. The van der Waals surface area contributed by atoms with E-state index in [2.05, 4.69) is 149 Å². The van der Waals surface area contributed by atoms with Crippen molar-refractivity contribution in [1.29, 1.82) is 0 Å². The number of hydrogen-bond acceptors (Lipinski definition) is 2. The normalized spacial score (nSPS) is 11.9. The third-order valence-electron chi connectivity index (χ3n) is 9.31. The number of aromatic nitrogens is 4. The highest BCUT2D eigenvalue weighted by molar-refractivity contribution is 6.16. The molecule has 0 radical (unpaired) electrons. The summed E-state index contributed by atoms with van der Waals surface area (Å²) in [7, 11) is 0. The lowest BCUT2D eigenvalue weighted by atomic mass is 10.1. The summed E-state index contributed by atoms with van der Waals surface area (Å²) < 4.78 is 4.62. The van der Waals surface area contributed by atoms with Gasteiger partial charge in [-0.05, 0) is 70.1 Å². The Balaban J connectivity index is 1.35. The van der Waals surface area contributed by atoms with Crippen LogP contribution in [0.15, 0.2) is 158 Å². The average molecular weight is 587 g/mol. The van der Waals surface area contributed by atoms with Gasteiger partial charge in [0.05, 0.1) is 22.1 Å². The minimum absolute atomic E-state index is 0.714. The van der Waals surface area contributed by atoms with Gasteiger partial charge in [0.2, 0.25) is 0 Å². The molecule has 0 aliphatic heterocycles. The fraction of sp³-hybridized carbons (Fsp3) is 0. The van der Waals surface area contributed by atoms with Crippen LogP contribution in [0.4, 0.5) is 0 Å². The van der Waals surface area contributed by atoms with Crippen LogP contribution in [-0.4, -0.2) is 19.1 Å². The maximum atomic E-state index is 5.36. The number of rotatable bonds is 3. The van der Waals surface area contributed by atoms with Gasteiger partial charge in [0, 0.05) is 39.0 Å². The van der Waals surface area contributed by atoms with Crippen LogP contribution < -0.4 is 0 Å². The summed E-state index contributed by atoms with van der Waals surface area (Å²) in [4.78, 5) is 10.6. The summed E-state index contributed by atoms with van der Waals surface area (Å²) >= 11 is 0. The van der Waals surface area contributed by atoms with E-state index in [1.807, 2.05) is 18.2 Å². The summed E-state index contributed by atoms with van der Waals surface area (Å²) in [6, 6.07) is 53.9. The van der Waals surface area contributed by atoms with E-state index >= 15 is 0 Å². The molecule has 3 heterocycles. The van der Waals surface area contributed by atoms with E-state index in [-0.39, 0.29) is 0 Å². The summed E-state index contributed by atoms with van der Waals surface area (Å²) in [5.74, 6) is 1.59. The molecule has 46 heavy (non-hydrogen) atoms. The molecule has 7 aromatic carbocycles. The third-order valence-corrected chi connectivity index (χ3v) is 9.31. The lowest BCUT2D eigenvalue weighted by molar-refractivity contribution is 1.07. The maximum Gasteiger partial charge on any atom is 0.162 e. The summed E-state index contributed by atoms with van der Waals surface area (Å²) in [6.07, 6.45) is 2.16. The van der Waals surface area contributed by atoms with E-state index in [0.29, 0.717) is 5.82 Å². The predicted molar refractivity (Wildman–Crippen MR) is 191 cm³/mol. The van der Waals surface area contributed by atoms with Crippen molar-refractivity contribution in [3.05, 3.63) is 158 Å². The zero-order valence-corrected chi connectivity index (χ0v) is 24.8. The summed E-state index contributed by atoms with van der Waals surface area (Å²) in [5, 5.41) is 9.32. The summed E-state index contributed by atoms with van der Waals surface area (Å²) in [6.45, 7) is 0. The molecular formula is C42H26N4. The summed E-state index contributed by atoms with van der Waals surface area (Å²) in [5.41, 5.74) is 6.49. The van der Waals surface area contributed by atoms with Crippen LogP contribution in [0.2, 0.25) is 0 Å². The zero-order valence-electron chi connectivity index (χ0n) is 24.8. The minimum Gasteiger partial charge on any atom is -0.317 e. The van der Waals surface area contributed by atoms with Crippen molar-refractivity contribution in [2.75, 3.05) is 0 Å². The zero-order chi connectivity index (χ0) is 30.2. The second-order valence-electron chi connectivity index (χ2n) is 11.9. The molecule has 4 heteroatoms. The first-order valence-corrected chi connectivity index (χ1v) is 15.6. The van der Waals surface area contributed by atoms with E-state index in [1.54, 1.807) is 0 Å². The number of benzene rings is 7. The van der Waals surface area contributed by atoms with Crippen molar-refractivity contribution in [2.24, 2.45) is 0 Å². The monoisotopic (exact) mass is 586 g/mol. The van der Waals surface area contributed by atoms with Crippen LogP contribution in [0.3, 0.4) is 0 Å². The van der Waals surface area contributed by atoms with Gasteiger partial charge in [0.1, 0.15) is 5.82 Å². The van der Waals surface area contributed by atoms with Gasteiger partial charge in [-0.3, -0.25) is 4.57 Å². The first-order chi connectivity index (χ1) is 22.8. The standard InChI is InChI=1S/C42H26N4/c1-2-12-29(13-3-1)41-43-40-33-16-8-6-10-27(33)18-20-34(40)42(44-41)46-38-21-19-32(45-23-22-28-11-7-9-17-37(28)45)26-36(38)35-24-30-14-4-5-15-31(30)25-39(35)46/h1-26H. The second kappa shape index (κ2) is 9.62. The van der Waals surface area contributed by atoms with Crippen LogP contribution in [0.1, 0.15) is 0 Å². The number of fused-ring (bicyclic) bond motifs is 8.